The van der Waals surface area contributed by atoms with Gasteiger partial charge in [0, 0.05) is 11.6 Å². The summed E-state index contributed by atoms with van der Waals surface area (Å²) >= 11 is 4.93. The summed E-state index contributed by atoms with van der Waals surface area (Å²) < 4.78 is 27.8. The molecular weight excluding hydrogens is 292 g/mol. The van der Waals surface area contributed by atoms with Crippen molar-refractivity contribution in [3.63, 3.8) is 0 Å². The molecule has 20 heavy (non-hydrogen) atoms. The molecule has 1 aromatic carbocycles. The Morgan fingerprint density at radius 2 is 2.10 bits per heavy atom. The van der Waals surface area contributed by atoms with E-state index in [-0.39, 0.29) is 15.9 Å². The number of hydrogen-bond donors (Lipinski definition) is 2. The standard InChI is InChI=1S/C14H20N2O2S2/c1-2-11(9-10-7-8-10)16-20(17,18)13-6-4-3-5-12(13)14(15)19/h3-6,10-11,16H,2,7-9H2,1H3,(H2,15,19). The second kappa shape index (κ2) is 6.20. The van der Waals surface area contributed by atoms with E-state index in [4.69, 9.17) is 18.0 Å². The molecule has 6 heteroatoms. The molecule has 1 fully saturated rings. The molecule has 0 aromatic heterocycles. The first kappa shape index (κ1) is 15.4. The van der Waals surface area contributed by atoms with Crippen LogP contribution in [0.15, 0.2) is 29.2 Å². The minimum absolute atomic E-state index is 0.0214. The van der Waals surface area contributed by atoms with Crippen LogP contribution in [0.4, 0.5) is 0 Å². The quantitative estimate of drug-likeness (QED) is 0.757. The summed E-state index contributed by atoms with van der Waals surface area (Å²) in [4.78, 5) is 0.267. The zero-order chi connectivity index (χ0) is 14.8. The van der Waals surface area contributed by atoms with E-state index in [0.29, 0.717) is 11.5 Å². The molecule has 0 heterocycles. The average Bonchev–Trinajstić information content (AvgIpc) is 3.21. The fourth-order valence-corrected chi connectivity index (χ4v) is 4.04. The number of rotatable bonds is 7. The Hall–Kier alpha value is -0.980. The molecule has 1 aliphatic rings. The van der Waals surface area contributed by atoms with Crippen molar-refractivity contribution in [3.8, 4) is 0 Å². The van der Waals surface area contributed by atoms with Crippen LogP contribution < -0.4 is 10.5 Å². The highest BCUT2D eigenvalue weighted by molar-refractivity contribution is 7.89. The van der Waals surface area contributed by atoms with Crippen LogP contribution in [0.2, 0.25) is 0 Å². The molecule has 3 N–H and O–H groups in total. The number of sulfonamides is 1. The van der Waals surface area contributed by atoms with Crippen LogP contribution in [0.1, 0.15) is 38.2 Å². The molecule has 4 nitrogen and oxygen atoms in total. The van der Waals surface area contributed by atoms with Gasteiger partial charge >= 0.3 is 0 Å². The zero-order valence-corrected chi connectivity index (χ0v) is 13.1. The molecule has 0 amide bonds. The Kier molecular flexibility index (Phi) is 4.78. The number of hydrogen-bond acceptors (Lipinski definition) is 3. The van der Waals surface area contributed by atoms with Crippen molar-refractivity contribution in [1.82, 2.24) is 4.72 Å². The lowest BCUT2D eigenvalue weighted by atomic mass is 10.1. The Bertz CT molecular complexity index is 595. The topological polar surface area (TPSA) is 72.2 Å². The highest BCUT2D eigenvalue weighted by Crippen LogP contribution is 2.34. The molecule has 1 unspecified atom stereocenters. The van der Waals surface area contributed by atoms with E-state index in [9.17, 15) is 8.42 Å². The van der Waals surface area contributed by atoms with Crippen LogP contribution in [0.5, 0.6) is 0 Å². The Morgan fingerprint density at radius 1 is 1.45 bits per heavy atom. The summed E-state index contributed by atoms with van der Waals surface area (Å²) in [5.74, 6) is 0.675. The molecule has 0 saturated heterocycles. The zero-order valence-electron chi connectivity index (χ0n) is 11.5. The normalized spacial score (nSPS) is 16.9. The molecule has 1 aliphatic carbocycles. The van der Waals surface area contributed by atoms with Crippen LogP contribution in [-0.4, -0.2) is 19.4 Å². The van der Waals surface area contributed by atoms with Gasteiger partial charge in [0.25, 0.3) is 0 Å². The number of nitrogens with two attached hydrogens (primary N) is 1. The Labute approximate surface area is 125 Å². The van der Waals surface area contributed by atoms with Crippen molar-refractivity contribution in [2.24, 2.45) is 11.7 Å². The monoisotopic (exact) mass is 312 g/mol. The second-order valence-corrected chi connectivity index (χ2v) is 7.39. The molecule has 0 radical (unpaired) electrons. The van der Waals surface area contributed by atoms with E-state index in [2.05, 4.69) is 4.72 Å². The van der Waals surface area contributed by atoms with E-state index >= 15 is 0 Å². The maximum absolute atomic E-state index is 12.5. The van der Waals surface area contributed by atoms with E-state index in [1.165, 1.54) is 12.8 Å². The Balaban J connectivity index is 2.22. The van der Waals surface area contributed by atoms with Gasteiger partial charge in [0.1, 0.15) is 4.99 Å². The second-order valence-electron chi connectivity index (χ2n) is 5.27. The third-order valence-corrected chi connectivity index (χ3v) is 5.37. The van der Waals surface area contributed by atoms with E-state index in [0.717, 1.165) is 12.8 Å². The van der Waals surface area contributed by atoms with E-state index < -0.39 is 10.0 Å². The first-order chi connectivity index (χ1) is 9.44. The smallest absolute Gasteiger partial charge is 0.241 e. The Morgan fingerprint density at radius 3 is 2.65 bits per heavy atom. The lowest BCUT2D eigenvalue weighted by Crippen LogP contribution is -2.35. The summed E-state index contributed by atoms with van der Waals surface area (Å²) in [6.07, 6.45) is 4.11. The fraction of sp³-hybridized carbons (Fsp3) is 0.500. The first-order valence-corrected chi connectivity index (χ1v) is 8.74. The first-order valence-electron chi connectivity index (χ1n) is 6.85. The molecule has 1 saturated carbocycles. The number of thiocarbonyl (C=S) groups is 1. The van der Waals surface area contributed by atoms with E-state index in [1.54, 1.807) is 24.3 Å². The van der Waals surface area contributed by atoms with Crippen LogP contribution in [0.25, 0.3) is 0 Å². The van der Waals surface area contributed by atoms with Crippen molar-refractivity contribution in [2.75, 3.05) is 0 Å². The predicted molar refractivity (Wildman–Crippen MR) is 84.1 cm³/mol. The van der Waals surface area contributed by atoms with Gasteiger partial charge in [-0.25, -0.2) is 13.1 Å². The molecule has 0 aliphatic heterocycles. The maximum Gasteiger partial charge on any atom is 0.241 e. The van der Waals surface area contributed by atoms with Gasteiger partial charge in [0.15, 0.2) is 0 Å². The minimum Gasteiger partial charge on any atom is -0.389 e. The lowest BCUT2D eigenvalue weighted by Gasteiger charge is -2.18. The summed E-state index contributed by atoms with van der Waals surface area (Å²) in [5.41, 5.74) is 6.00. The third-order valence-electron chi connectivity index (χ3n) is 3.57. The van der Waals surface area contributed by atoms with Gasteiger partial charge in [0.2, 0.25) is 10.0 Å². The van der Waals surface area contributed by atoms with Crippen LogP contribution >= 0.6 is 12.2 Å². The van der Waals surface area contributed by atoms with Gasteiger partial charge in [-0.1, -0.05) is 50.2 Å². The summed E-state index contributed by atoms with van der Waals surface area (Å²) in [7, 11) is -3.58. The third kappa shape index (κ3) is 3.77. The molecule has 110 valence electrons. The average molecular weight is 312 g/mol. The fourth-order valence-electron chi connectivity index (χ4n) is 2.24. The molecule has 2 rings (SSSR count). The molecule has 1 atom stereocenters. The molecular formula is C14H20N2O2S2. The van der Waals surface area contributed by atoms with Gasteiger partial charge in [-0.05, 0) is 24.8 Å². The van der Waals surface area contributed by atoms with Crippen molar-refractivity contribution >= 4 is 27.2 Å². The molecule has 0 bridgehead atoms. The maximum atomic E-state index is 12.5. The van der Waals surface area contributed by atoms with Gasteiger partial charge in [-0.15, -0.1) is 0 Å². The van der Waals surface area contributed by atoms with Gasteiger partial charge in [0.05, 0.1) is 4.90 Å². The number of nitrogens with one attached hydrogen (secondary N) is 1. The van der Waals surface area contributed by atoms with Gasteiger partial charge in [-0.2, -0.15) is 0 Å². The number of benzene rings is 1. The molecule has 1 aromatic rings. The van der Waals surface area contributed by atoms with Crippen molar-refractivity contribution in [2.45, 2.75) is 43.5 Å². The van der Waals surface area contributed by atoms with Crippen LogP contribution in [-0.2, 0) is 10.0 Å². The van der Waals surface area contributed by atoms with Crippen LogP contribution in [0.3, 0.4) is 0 Å². The van der Waals surface area contributed by atoms with Gasteiger partial charge in [-0.3, -0.25) is 0 Å². The highest BCUT2D eigenvalue weighted by Gasteiger charge is 2.28. The summed E-state index contributed by atoms with van der Waals surface area (Å²) in [6.45, 7) is 2.00. The molecule has 0 spiro atoms. The van der Waals surface area contributed by atoms with Crippen molar-refractivity contribution < 1.29 is 8.42 Å². The lowest BCUT2D eigenvalue weighted by molar-refractivity contribution is 0.495. The van der Waals surface area contributed by atoms with Crippen molar-refractivity contribution in [1.29, 1.82) is 0 Å². The van der Waals surface area contributed by atoms with Crippen molar-refractivity contribution in [3.05, 3.63) is 29.8 Å². The summed E-state index contributed by atoms with van der Waals surface area (Å²) in [6, 6.07) is 6.57. The minimum atomic E-state index is -3.58. The van der Waals surface area contributed by atoms with Crippen LogP contribution in [0, 0.1) is 5.92 Å². The SMILES string of the molecule is CCC(CC1CC1)NS(=O)(=O)c1ccccc1C(N)=S. The van der Waals surface area contributed by atoms with Gasteiger partial charge < -0.3 is 5.73 Å². The highest BCUT2D eigenvalue weighted by atomic mass is 32.2. The largest absolute Gasteiger partial charge is 0.389 e. The predicted octanol–water partition coefficient (Wildman–Crippen LogP) is 2.18. The van der Waals surface area contributed by atoms with E-state index in [1.807, 2.05) is 6.92 Å². The summed E-state index contributed by atoms with van der Waals surface area (Å²) in [5, 5.41) is 0.